The van der Waals surface area contributed by atoms with Crippen molar-refractivity contribution in [2.75, 3.05) is 11.1 Å². The maximum absolute atomic E-state index is 13.2. The molecule has 6 nitrogen and oxygen atoms in total. The summed E-state index contributed by atoms with van der Waals surface area (Å²) >= 11 is 0. The summed E-state index contributed by atoms with van der Waals surface area (Å²) in [4.78, 5) is 12.2. The Bertz CT molecular complexity index is 934. The van der Waals surface area contributed by atoms with Crippen LogP contribution in [0.3, 0.4) is 0 Å². The Morgan fingerprint density at radius 2 is 2.04 bits per heavy atom. The van der Waals surface area contributed by atoms with Gasteiger partial charge in [-0.05, 0) is 23.8 Å². The molecule has 4 N–H and O–H groups in total. The molecule has 1 amide bonds. The predicted octanol–water partition coefficient (Wildman–Crippen LogP) is 2.66. The molecular formula is C18H16FN5O. The minimum absolute atomic E-state index is 0.226. The van der Waals surface area contributed by atoms with Crippen LogP contribution in [0.25, 0.3) is 0 Å². The minimum atomic E-state index is -0.580. The van der Waals surface area contributed by atoms with Gasteiger partial charge in [-0.1, -0.05) is 30.3 Å². The van der Waals surface area contributed by atoms with Crippen molar-refractivity contribution >= 4 is 23.0 Å². The zero-order valence-electron chi connectivity index (χ0n) is 13.2. The summed E-state index contributed by atoms with van der Waals surface area (Å²) in [6.45, 7) is 0.372. The lowest BCUT2D eigenvalue weighted by molar-refractivity contribution is -0.110. The minimum Gasteiger partial charge on any atom is -0.398 e. The molecule has 0 spiro atoms. The Kier molecular flexibility index (Phi) is 4.56. The van der Waals surface area contributed by atoms with Crippen LogP contribution < -0.4 is 11.1 Å². The van der Waals surface area contributed by atoms with E-state index in [1.54, 1.807) is 47.3 Å². The van der Waals surface area contributed by atoms with Crippen molar-refractivity contribution in [3.63, 3.8) is 0 Å². The zero-order valence-corrected chi connectivity index (χ0v) is 13.2. The number of nitrogens with two attached hydrogens (primary N) is 1. The first-order valence-corrected chi connectivity index (χ1v) is 7.54. The van der Waals surface area contributed by atoms with Gasteiger partial charge in [-0.15, -0.1) is 0 Å². The van der Waals surface area contributed by atoms with Gasteiger partial charge in [0.25, 0.3) is 5.91 Å². The Morgan fingerprint density at radius 1 is 1.24 bits per heavy atom. The predicted molar refractivity (Wildman–Crippen MR) is 94.0 cm³/mol. The molecular weight excluding hydrogens is 321 g/mol. The number of nitrogens with one attached hydrogen (secondary N) is 2. The normalized spacial score (nSPS) is 10.4. The largest absolute Gasteiger partial charge is 0.398 e. The van der Waals surface area contributed by atoms with Gasteiger partial charge >= 0.3 is 0 Å². The van der Waals surface area contributed by atoms with Crippen molar-refractivity contribution in [3.8, 4) is 0 Å². The SMILES string of the molecule is N=C(C(=O)Nc1cnn(Cc2cccc(F)c2)c1)c1ccccc1N. The van der Waals surface area contributed by atoms with Crippen LogP contribution in [0.4, 0.5) is 15.8 Å². The molecule has 7 heteroatoms. The monoisotopic (exact) mass is 337 g/mol. The number of carbonyl (C=O) groups is 1. The number of amides is 1. The third kappa shape index (κ3) is 3.89. The number of hydrogen-bond acceptors (Lipinski definition) is 4. The van der Waals surface area contributed by atoms with Gasteiger partial charge in [0.2, 0.25) is 0 Å². The van der Waals surface area contributed by atoms with Crippen molar-refractivity contribution in [2.45, 2.75) is 6.54 Å². The highest BCUT2D eigenvalue weighted by Crippen LogP contribution is 2.13. The number of carbonyl (C=O) groups excluding carboxylic acids is 1. The van der Waals surface area contributed by atoms with E-state index >= 15 is 0 Å². The molecule has 0 fully saturated rings. The van der Waals surface area contributed by atoms with E-state index in [0.717, 1.165) is 5.56 Å². The molecule has 1 heterocycles. The van der Waals surface area contributed by atoms with Crippen LogP contribution in [-0.4, -0.2) is 21.4 Å². The number of halogens is 1. The number of anilines is 2. The lowest BCUT2D eigenvalue weighted by atomic mass is 10.1. The number of hydrogen-bond donors (Lipinski definition) is 3. The van der Waals surface area contributed by atoms with Crippen LogP contribution in [0, 0.1) is 11.2 Å². The zero-order chi connectivity index (χ0) is 17.8. The summed E-state index contributed by atoms with van der Waals surface area (Å²) in [7, 11) is 0. The Hall–Kier alpha value is -3.48. The lowest BCUT2D eigenvalue weighted by Crippen LogP contribution is -2.23. The first-order valence-electron chi connectivity index (χ1n) is 7.54. The van der Waals surface area contributed by atoms with E-state index in [0.29, 0.717) is 23.5 Å². The molecule has 126 valence electrons. The fourth-order valence-electron chi connectivity index (χ4n) is 2.38. The van der Waals surface area contributed by atoms with E-state index in [4.69, 9.17) is 11.1 Å². The van der Waals surface area contributed by atoms with Gasteiger partial charge in [-0.25, -0.2) is 4.39 Å². The molecule has 3 rings (SSSR count). The molecule has 0 saturated heterocycles. The molecule has 0 saturated carbocycles. The van der Waals surface area contributed by atoms with E-state index < -0.39 is 5.91 Å². The molecule has 0 aliphatic carbocycles. The molecule has 0 aliphatic heterocycles. The maximum atomic E-state index is 13.2. The average Bonchev–Trinajstić information content (AvgIpc) is 3.01. The van der Waals surface area contributed by atoms with Crippen molar-refractivity contribution in [2.24, 2.45) is 0 Å². The summed E-state index contributed by atoms with van der Waals surface area (Å²) in [5.41, 5.74) is 7.49. The summed E-state index contributed by atoms with van der Waals surface area (Å²) < 4.78 is 14.8. The van der Waals surface area contributed by atoms with E-state index in [9.17, 15) is 9.18 Å². The average molecular weight is 337 g/mol. The van der Waals surface area contributed by atoms with Crippen LogP contribution in [-0.2, 0) is 11.3 Å². The Labute approximate surface area is 143 Å². The summed E-state index contributed by atoms with van der Waals surface area (Å²) in [5, 5.41) is 14.7. The van der Waals surface area contributed by atoms with E-state index in [1.165, 1.54) is 18.3 Å². The van der Waals surface area contributed by atoms with Crippen LogP contribution in [0.1, 0.15) is 11.1 Å². The molecule has 0 radical (unpaired) electrons. The van der Waals surface area contributed by atoms with Gasteiger partial charge < -0.3 is 11.1 Å². The molecule has 0 atom stereocenters. The third-order valence-corrected chi connectivity index (χ3v) is 3.58. The fourth-order valence-corrected chi connectivity index (χ4v) is 2.38. The number of para-hydroxylation sites is 1. The Balaban J connectivity index is 1.68. The van der Waals surface area contributed by atoms with E-state index in [2.05, 4.69) is 10.4 Å². The topological polar surface area (TPSA) is 96.8 Å². The standard InChI is InChI=1S/C18H16FN5O/c19-13-5-3-4-12(8-13)10-24-11-14(9-22-24)23-18(25)17(21)15-6-1-2-7-16(15)20/h1-9,11,21H,10,20H2,(H,23,25). The summed E-state index contributed by atoms with van der Waals surface area (Å²) in [6.07, 6.45) is 3.09. The van der Waals surface area contributed by atoms with Gasteiger partial charge in [0, 0.05) is 17.4 Å². The third-order valence-electron chi connectivity index (χ3n) is 3.58. The molecule has 25 heavy (non-hydrogen) atoms. The number of nitrogen functional groups attached to an aromatic ring is 1. The quantitative estimate of drug-likeness (QED) is 0.493. The van der Waals surface area contributed by atoms with Gasteiger partial charge in [-0.2, -0.15) is 5.10 Å². The number of benzene rings is 2. The highest BCUT2D eigenvalue weighted by Gasteiger charge is 2.15. The number of aromatic nitrogens is 2. The highest BCUT2D eigenvalue weighted by molar-refractivity contribution is 6.48. The second-order valence-corrected chi connectivity index (χ2v) is 5.47. The van der Waals surface area contributed by atoms with Crippen molar-refractivity contribution in [3.05, 3.63) is 77.9 Å². The first kappa shape index (κ1) is 16.4. The lowest BCUT2D eigenvalue weighted by Gasteiger charge is -2.07. The molecule has 0 unspecified atom stereocenters. The Morgan fingerprint density at radius 3 is 2.80 bits per heavy atom. The summed E-state index contributed by atoms with van der Waals surface area (Å²) in [5.74, 6) is -0.893. The molecule has 0 bridgehead atoms. The second kappa shape index (κ2) is 6.96. The fraction of sp³-hybridized carbons (Fsp3) is 0.0556. The van der Waals surface area contributed by atoms with Gasteiger partial charge in [0.1, 0.15) is 11.5 Å². The smallest absolute Gasteiger partial charge is 0.274 e. The first-order chi connectivity index (χ1) is 12.0. The number of nitrogens with zero attached hydrogens (tertiary/aromatic N) is 2. The van der Waals surface area contributed by atoms with Crippen LogP contribution in [0.2, 0.25) is 0 Å². The van der Waals surface area contributed by atoms with Crippen molar-refractivity contribution in [1.82, 2.24) is 9.78 Å². The van der Waals surface area contributed by atoms with Crippen LogP contribution in [0.15, 0.2) is 60.9 Å². The number of rotatable bonds is 5. The second-order valence-electron chi connectivity index (χ2n) is 5.47. The van der Waals surface area contributed by atoms with Crippen LogP contribution in [0.5, 0.6) is 0 Å². The highest BCUT2D eigenvalue weighted by atomic mass is 19.1. The van der Waals surface area contributed by atoms with Gasteiger partial charge in [0.15, 0.2) is 0 Å². The molecule has 1 aromatic heterocycles. The maximum Gasteiger partial charge on any atom is 0.274 e. The summed E-state index contributed by atoms with van der Waals surface area (Å²) in [6, 6.07) is 12.9. The van der Waals surface area contributed by atoms with Crippen molar-refractivity contribution < 1.29 is 9.18 Å². The van der Waals surface area contributed by atoms with E-state index in [1.807, 2.05) is 0 Å². The van der Waals surface area contributed by atoms with Crippen LogP contribution >= 0.6 is 0 Å². The molecule has 2 aromatic carbocycles. The van der Waals surface area contributed by atoms with Gasteiger partial charge in [0.05, 0.1) is 18.4 Å². The molecule has 3 aromatic rings. The van der Waals surface area contributed by atoms with Crippen molar-refractivity contribution in [1.29, 1.82) is 5.41 Å². The van der Waals surface area contributed by atoms with Gasteiger partial charge in [-0.3, -0.25) is 14.9 Å². The molecule has 0 aliphatic rings. The van der Waals surface area contributed by atoms with E-state index in [-0.39, 0.29) is 11.5 Å².